The molecule has 28 heavy (non-hydrogen) atoms. The first kappa shape index (κ1) is 19.1. The zero-order chi connectivity index (χ0) is 19.9. The summed E-state index contributed by atoms with van der Waals surface area (Å²) in [6.07, 6.45) is 3.66. The minimum Gasteiger partial charge on any atom is -0.497 e. The van der Waals surface area contributed by atoms with Crippen LogP contribution in [-0.4, -0.2) is 39.2 Å². The number of aromatic nitrogens is 3. The molecule has 0 aliphatic carbocycles. The summed E-state index contributed by atoms with van der Waals surface area (Å²) >= 11 is 0. The molecule has 0 fully saturated rings. The normalized spacial score (nSPS) is 10.3. The number of aryl methyl sites for hydroxylation is 1. The molecular weight excluding hydrogens is 354 g/mol. The Morgan fingerprint density at radius 1 is 1.29 bits per heavy atom. The Morgan fingerprint density at radius 3 is 2.86 bits per heavy atom. The van der Waals surface area contributed by atoms with Crippen molar-refractivity contribution in [3.05, 3.63) is 66.1 Å². The SMILES string of the molecule is COc1cccc(-c2cc(C(=O)N(CCC#N)Cc3cccnc3)n(C)n2)c1. The number of benzene rings is 1. The van der Waals surface area contributed by atoms with E-state index in [9.17, 15) is 4.79 Å². The zero-order valence-electron chi connectivity index (χ0n) is 15.9. The molecule has 0 aliphatic rings. The van der Waals surface area contributed by atoms with Gasteiger partial charge in [0.1, 0.15) is 11.4 Å². The second kappa shape index (κ2) is 8.82. The van der Waals surface area contributed by atoms with Gasteiger partial charge in [0.05, 0.1) is 25.3 Å². The average molecular weight is 375 g/mol. The van der Waals surface area contributed by atoms with Crippen LogP contribution in [0.5, 0.6) is 5.75 Å². The van der Waals surface area contributed by atoms with Gasteiger partial charge in [-0.25, -0.2) is 0 Å². The Morgan fingerprint density at radius 2 is 2.14 bits per heavy atom. The van der Waals surface area contributed by atoms with Crippen molar-refractivity contribution >= 4 is 5.91 Å². The minimum absolute atomic E-state index is 0.178. The molecule has 0 saturated heterocycles. The number of amides is 1. The van der Waals surface area contributed by atoms with E-state index in [0.717, 1.165) is 16.9 Å². The van der Waals surface area contributed by atoms with Gasteiger partial charge in [-0.15, -0.1) is 0 Å². The van der Waals surface area contributed by atoms with E-state index in [2.05, 4.69) is 16.2 Å². The van der Waals surface area contributed by atoms with Crippen molar-refractivity contribution in [3.8, 4) is 23.1 Å². The molecule has 0 unspecified atom stereocenters. The van der Waals surface area contributed by atoms with Gasteiger partial charge in [0.25, 0.3) is 5.91 Å². The first-order valence-electron chi connectivity index (χ1n) is 8.86. The van der Waals surface area contributed by atoms with Crippen LogP contribution in [0.15, 0.2) is 54.9 Å². The molecule has 142 valence electrons. The van der Waals surface area contributed by atoms with Gasteiger partial charge < -0.3 is 9.64 Å². The highest BCUT2D eigenvalue weighted by atomic mass is 16.5. The number of pyridine rings is 1. The fourth-order valence-corrected chi connectivity index (χ4v) is 2.90. The fraction of sp³-hybridized carbons (Fsp3) is 0.238. The summed E-state index contributed by atoms with van der Waals surface area (Å²) in [6, 6.07) is 15.1. The lowest BCUT2D eigenvalue weighted by molar-refractivity contribution is 0.0735. The van der Waals surface area contributed by atoms with Gasteiger partial charge in [0, 0.05) is 38.1 Å². The Kier molecular flexibility index (Phi) is 6.02. The summed E-state index contributed by atoms with van der Waals surface area (Å²) in [7, 11) is 3.35. The minimum atomic E-state index is -0.178. The van der Waals surface area contributed by atoms with Crippen molar-refractivity contribution < 1.29 is 9.53 Å². The van der Waals surface area contributed by atoms with Crippen LogP contribution in [0.4, 0.5) is 0 Å². The third-order valence-corrected chi connectivity index (χ3v) is 4.34. The zero-order valence-corrected chi connectivity index (χ0v) is 15.9. The van der Waals surface area contributed by atoms with E-state index in [-0.39, 0.29) is 12.3 Å². The van der Waals surface area contributed by atoms with Crippen LogP contribution in [0, 0.1) is 11.3 Å². The van der Waals surface area contributed by atoms with Crippen LogP contribution in [0.1, 0.15) is 22.5 Å². The van der Waals surface area contributed by atoms with Crippen LogP contribution in [0.25, 0.3) is 11.3 Å². The van der Waals surface area contributed by atoms with Crippen molar-refractivity contribution in [3.63, 3.8) is 0 Å². The van der Waals surface area contributed by atoms with Gasteiger partial charge in [-0.3, -0.25) is 14.5 Å². The maximum absolute atomic E-state index is 13.2. The molecule has 0 aliphatic heterocycles. The number of ether oxygens (including phenoxy) is 1. The smallest absolute Gasteiger partial charge is 0.272 e. The maximum atomic E-state index is 13.2. The second-order valence-electron chi connectivity index (χ2n) is 6.27. The summed E-state index contributed by atoms with van der Waals surface area (Å²) in [4.78, 5) is 18.9. The lowest BCUT2D eigenvalue weighted by atomic mass is 10.1. The highest BCUT2D eigenvalue weighted by molar-refractivity contribution is 5.93. The quantitative estimate of drug-likeness (QED) is 0.634. The molecule has 2 heterocycles. The lowest BCUT2D eigenvalue weighted by Gasteiger charge is -2.21. The van der Waals surface area contributed by atoms with E-state index in [1.807, 2.05) is 36.4 Å². The Labute approximate surface area is 163 Å². The van der Waals surface area contributed by atoms with Crippen LogP contribution >= 0.6 is 0 Å². The molecule has 3 aromatic rings. The van der Waals surface area contributed by atoms with Crippen molar-refractivity contribution in [2.45, 2.75) is 13.0 Å². The van der Waals surface area contributed by atoms with Gasteiger partial charge >= 0.3 is 0 Å². The number of nitrogens with zero attached hydrogens (tertiary/aromatic N) is 5. The molecule has 7 nitrogen and oxygen atoms in total. The number of methoxy groups -OCH3 is 1. The Balaban J connectivity index is 1.88. The van der Waals surface area contributed by atoms with Crippen molar-refractivity contribution in [1.82, 2.24) is 19.7 Å². The molecule has 0 N–H and O–H groups in total. The molecule has 2 aromatic heterocycles. The summed E-state index contributed by atoms with van der Waals surface area (Å²) in [6.45, 7) is 0.720. The Bertz CT molecular complexity index is 992. The summed E-state index contributed by atoms with van der Waals surface area (Å²) in [5, 5.41) is 13.4. The predicted molar refractivity (Wildman–Crippen MR) is 104 cm³/mol. The predicted octanol–water partition coefficient (Wildman–Crippen LogP) is 3.05. The molecule has 0 atom stereocenters. The van der Waals surface area contributed by atoms with Gasteiger partial charge in [-0.05, 0) is 29.8 Å². The molecule has 3 rings (SSSR count). The van der Waals surface area contributed by atoms with Crippen molar-refractivity contribution in [2.75, 3.05) is 13.7 Å². The second-order valence-corrected chi connectivity index (χ2v) is 6.27. The fourth-order valence-electron chi connectivity index (χ4n) is 2.90. The van der Waals surface area contributed by atoms with E-state index >= 15 is 0 Å². The molecule has 0 radical (unpaired) electrons. The summed E-state index contributed by atoms with van der Waals surface area (Å²) in [5.41, 5.74) is 2.92. The Hall–Kier alpha value is -3.66. The van der Waals surface area contributed by atoms with Crippen LogP contribution in [0.2, 0.25) is 0 Å². The van der Waals surface area contributed by atoms with Gasteiger partial charge in [-0.2, -0.15) is 10.4 Å². The highest BCUT2D eigenvalue weighted by Gasteiger charge is 2.21. The van der Waals surface area contributed by atoms with E-state index in [0.29, 0.717) is 24.5 Å². The summed E-state index contributed by atoms with van der Waals surface area (Å²) in [5.74, 6) is 0.548. The molecule has 1 aromatic carbocycles. The molecule has 0 spiro atoms. The summed E-state index contributed by atoms with van der Waals surface area (Å²) < 4.78 is 6.83. The highest BCUT2D eigenvalue weighted by Crippen LogP contribution is 2.24. The van der Waals surface area contributed by atoms with Crippen LogP contribution < -0.4 is 4.74 Å². The molecule has 0 saturated carbocycles. The average Bonchev–Trinajstić information content (AvgIpc) is 3.13. The molecule has 1 amide bonds. The molecule has 0 bridgehead atoms. The molecule has 7 heteroatoms. The van der Waals surface area contributed by atoms with Crippen LogP contribution in [-0.2, 0) is 13.6 Å². The first-order valence-corrected chi connectivity index (χ1v) is 8.86. The van der Waals surface area contributed by atoms with Crippen molar-refractivity contribution in [1.29, 1.82) is 5.26 Å². The topological polar surface area (TPSA) is 84.0 Å². The van der Waals surface area contributed by atoms with E-state index < -0.39 is 0 Å². The first-order chi connectivity index (χ1) is 13.6. The van der Waals surface area contributed by atoms with Crippen molar-refractivity contribution in [2.24, 2.45) is 7.05 Å². The number of carbonyl (C=O) groups excluding carboxylic acids is 1. The van der Waals surface area contributed by atoms with Gasteiger partial charge in [-0.1, -0.05) is 18.2 Å². The van der Waals surface area contributed by atoms with Crippen LogP contribution in [0.3, 0.4) is 0 Å². The lowest BCUT2D eigenvalue weighted by Crippen LogP contribution is -2.32. The third kappa shape index (κ3) is 4.35. The number of carbonyl (C=O) groups is 1. The standard InChI is InChI=1S/C21H21N5O2/c1-25-20(13-19(24-25)17-7-3-8-18(12-17)28-2)21(27)26(11-5-9-22)15-16-6-4-10-23-14-16/h3-4,6-8,10,12-14H,5,11,15H2,1-2H3. The van der Waals surface area contributed by atoms with Gasteiger partial charge in [0.2, 0.25) is 0 Å². The number of hydrogen-bond acceptors (Lipinski definition) is 5. The third-order valence-electron chi connectivity index (χ3n) is 4.34. The maximum Gasteiger partial charge on any atom is 0.272 e. The van der Waals surface area contributed by atoms with E-state index in [1.165, 1.54) is 0 Å². The van der Waals surface area contributed by atoms with E-state index in [4.69, 9.17) is 10.00 Å². The van der Waals surface area contributed by atoms with Gasteiger partial charge in [0.15, 0.2) is 0 Å². The number of rotatable bonds is 7. The number of nitriles is 1. The van der Waals surface area contributed by atoms with E-state index in [1.54, 1.807) is 42.2 Å². The number of hydrogen-bond donors (Lipinski definition) is 0. The monoisotopic (exact) mass is 375 g/mol. The molecular formula is C21H21N5O2. The largest absolute Gasteiger partial charge is 0.497 e.